The number of rotatable bonds is 2. The van der Waals surface area contributed by atoms with Gasteiger partial charge in [0.1, 0.15) is 5.69 Å². The molecular weight excluding hydrogens is 250 g/mol. The molecule has 0 aliphatic carbocycles. The van der Waals surface area contributed by atoms with E-state index in [2.05, 4.69) is 0 Å². The van der Waals surface area contributed by atoms with Gasteiger partial charge in [0.2, 0.25) is 0 Å². The molecule has 1 aromatic carbocycles. The number of anilines is 1. The van der Waals surface area contributed by atoms with Crippen LogP contribution in [0.25, 0.3) is 5.69 Å². The molecule has 0 fully saturated rings. The van der Waals surface area contributed by atoms with Gasteiger partial charge in [-0.05, 0) is 45.0 Å². The van der Waals surface area contributed by atoms with Crippen LogP contribution < -0.4 is 11.3 Å². The molecule has 4 nitrogen and oxygen atoms in total. The highest BCUT2D eigenvalue weighted by Gasteiger charge is 2.17. The zero-order valence-corrected chi connectivity index (χ0v) is 11.4. The molecule has 1 aromatic heterocycles. The molecule has 2 aromatic rings. The van der Waals surface area contributed by atoms with Crippen molar-refractivity contribution >= 4 is 17.3 Å². The van der Waals surface area contributed by atoms with Gasteiger partial charge in [-0.15, -0.1) is 0 Å². The summed E-state index contributed by atoms with van der Waals surface area (Å²) in [5.74, 6) is 0. The van der Waals surface area contributed by atoms with Crippen LogP contribution in [0.5, 0.6) is 0 Å². The third kappa shape index (κ3) is 1.93. The smallest absolute Gasteiger partial charge is 0.294 e. The third-order valence-corrected chi connectivity index (χ3v) is 3.18. The van der Waals surface area contributed by atoms with E-state index in [1.165, 1.54) is 0 Å². The zero-order valence-electron chi connectivity index (χ0n) is 10.6. The number of nitrogen functional groups attached to an aromatic ring is 1. The van der Waals surface area contributed by atoms with E-state index in [-0.39, 0.29) is 11.6 Å². The molecule has 0 aliphatic heterocycles. The second kappa shape index (κ2) is 4.53. The van der Waals surface area contributed by atoms with E-state index in [1.807, 2.05) is 37.6 Å². The molecule has 0 aliphatic rings. The van der Waals surface area contributed by atoms with Crippen LogP contribution in [-0.4, -0.2) is 9.36 Å². The Kier molecular flexibility index (Phi) is 3.22. The molecule has 2 N–H and O–H groups in total. The standard InChI is InChI=1S/C13H16ClN3O/c1-8(2)16-9(3)12(15)13(18)17(16)11-6-4-10(14)5-7-11/h4-8H,15H2,1-3H3. The Bertz CT molecular complexity index is 623. The SMILES string of the molecule is Cc1c(N)c(=O)n(-c2ccc(Cl)cc2)n1C(C)C. The highest BCUT2D eigenvalue weighted by atomic mass is 35.5. The predicted octanol–water partition coefficient (Wildman–Crippen LogP) is 2.76. The molecule has 0 atom stereocenters. The van der Waals surface area contributed by atoms with Crippen LogP contribution in [0.2, 0.25) is 5.02 Å². The maximum Gasteiger partial charge on any atom is 0.294 e. The second-order valence-electron chi connectivity index (χ2n) is 4.53. The summed E-state index contributed by atoms with van der Waals surface area (Å²) in [6.45, 7) is 5.87. The van der Waals surface area contributed by atoms with Crippen LogP contribution >= 0.6 is 11.6 Å². The first-order chi connectivity index (χ1) is 8.43. The highest BCUT2D eigenvalue weighted by Crippen LogP contribution is 2.19. The van der Waals surface area contributed by atoms with Crippen LogP contribution in [-0.2, 0) is 0 Å². The van der Waals surface area contributed by atoms with Gasteiger partial charge in [0.25, 0.3) is 5.56 Å². The van der Waals surface area contributed by atoms with Crippen LogP contribution in [0.15, 0.2) is 29.1 Å². The van der Waals surface area contributed by atoms with Crippen molar-refractivity contribution in [1.82, 2.24) is 9.36 Å². The minimum Gasteiger partial charge on any atom is -0.393 e. The zero-order chi connectivity index (χ0) is 13.4. The normalized spacial score (nSPS) is 11.2. The number of hydrogen-bond donors (Lipinski definition) is 1. The number of nitrogens with two attached hydrogens (primary N) is 1. The molecule has 0 unspecified atom stereocenters. The van der Waals surface area contributed by atoms with Crippen molar-refractivity contribution in [3.63, 3.8) is 0 Å². The molecule has 1 heterocycles. The Balaban J connectivity index is 2.74. The van der Waals surface area contributed by atoms with Crippen molar-refractivity contribution in [2.45, 2.75) is 26.8 Å². The summed E-state index contributed by atoms with van der Waals surface area (Å²) in [6, 6.07) is 7.27. The van der Waals surface area contributed by atoms with Crippen molar-refractivity contribution in [2.75, 3.05) is 5.73 Å². The molecule has 2 rings (SSSR count). The number of aromatic nitrogens is 2. The molecule has 0 bridgehead atoms. The molecule has 0 radical (unpaired) electrons. The van der Waals surface area contributed by atoms with Crippen molar-refractivity contribution in [3.8, 4) is 5.69 Å². The Labute approximate surface area is 111 Å². The van der Waals surface area contributed by atoms with E-state index in [1.54, 1.807) is 16.8 Å². The Morgan fingerprint density at radius 3 is 2.28 bits per heavy atom. The van der Waals surface area contributed by atoms with Gasteiger partial charge in [0.15, 0.2) is 0 Å². The maximum absolute atomic E-state index is 12.2. The van der Waals surface area contributed by atoms with Gasteiger partial charge < -0.3 is 5.73 Å². The first-order valence-corrected chi connectivity index (χ1v) is 6.16. The highest BCUT2D eigenvalue weighted by molar-refractivity contribution is 6.30. The van der Waals surface area contributed by atoms with Gasteiger partial charge in [-0.2, -0.15) is 0 Å². The van der Waals surface area contributed by atoms with Crippen molar-refractivity contribution in [2.24, 2.45) is 0 Å². The number of benzene rings is 1. The van der Waals surface area contributed by atoms with E-state index in [4.69, 9.17) is 17.3 Å². The van der Waals surface area contributed by atoms with E-state index in [9.17, 15) is 4.79 Å². The largest absolute Gasteiger partial charge is 0.393 e. The van der Waals surface area contributed by atoms with Gasteiger partial charge >= 0.3 is 0 Å². The summed E-state index contributed by atoms with van der Waals surface area (Å²) in [6.07, 6.45) is 0. The van der Waals surface area contributed by atoms with E-state index >= 15 is 0 Å². The predicted molar refractivity (Wildman–Crippen MR) is 74.6 cm³/mol. The first kappa shape index (κ1) is 12.8. The molecule has 5 heteroatoms. The fraction of sp³-hybridized carbons (Fsp3) is 0.308. The van der Waals surface area contributed by atoms with Gasteiger partial charge in [-0.3, -0.25) is 9.48 Å². The monoisotopic (exact) mass is 265 g/mol. The van der Waals surface area contributed by atoms with Crippen molar-refractivity contribution in [1.29, 1.82) is 0 Å². The summed E-state index contributed by atoms with van der Waals surface area (Å²) < 4.78 is 3.48. The fourth-order valence-corrected chi connectivity index (χ4v) is 2.21. The minimum absolute atomic E-state index is 0.144. The number of halogens is 1. The molecule has 0 spiro atoms. The van der Waals surface area contributed by atoms with Crippen molar-refractivity contribution in [3.05, 3.63) is 45.3 Å². The lowest BCUT2D eigenvalue weighted by atomic mass is 10.3. The van der Waals surface area contributed by atoms with Crippen LogP contribution in [0.3, 0.4) is 0 Å². The summed E-state index contributed by atoms with van der Waals surface area (Å²) in [5.41, 5.74) is 7.47. The lowest BCUT2D eigenvalue weighted by Crippen LogP contribution is -2.23. The molecule has 0 amide bonds. The Hall–Kier alpha value is -1.68. The van der Waals surface area contributed by atoms with Crippen molar-refractivity contribution < 1.29 is 0 Å². The topological polar surface area (TPSA) is 53.0 Å². The molecule has 0 saturated heterocycles. The summed E-state index contributed by atoms with van der Waals surface area (Å²) >= 11 is 5.86. The Morgan fingerprint density at radius 2 is 1.78 bits per heavy atom. The van der Waals surface area contributed by atoms with Crippen LogP contribution in [0, 0.1) is 6.92 Å². The maximum atomic E-state index is 12.2. The summed E-state index contributed by atoms with van der Waals surface area (Å²) in [5, 5.41) is 0.638. The lowest BCUT2D eigenvalue weighted by molar-refractivity contribution is 0.467. The third-order valence-electron chi connectivity index (χ3n) is 2.93. The van der Waals surface area contributed by atoms with Crippen LogP contribution in [0.1, 0.15) is 25.6 Å². The average Bonchev–Trinajstić information content (AvgIpc) is 2.55. The number of hydrogen-bond acceptors (Lipinski definition) is 2. The van der Waals surface area contributed by atoms with E-state index < -0.39 is 0 Å². The first-order valence-electron chi connectivity index (χ1n) is 5.79. The van der Waals surface area contributed by atoms with Gasteiger partial charge in [0, 0.05) is 11.1 Å². The molecular formula is C13H16ClN3O. The number of nitrogens with zero attached hydrogens (tertiary/aromatic N) is 2. The second-order valence-corrected chi connectivity index (χ2v) is 4.97. The Morgan fingerprint density at radius 1 is 1.22 bits per heavy atom. The van der Waals surface area contributed by atoms with E-state index in [0.29, 0.717) is 10.7 Å². The quantitative estimate of drug-likeness (QED) is 0.908. The van der Waals surface area contributed by atoms with Gasteiger partial charge in [0.05, 0.1) is 11.4 Å². The van der Waals surface area contributed by atoms with Crippen LogP contribution in [0.4, 0.5) is 5.69 Å². The van der Waals surface area contributed by atoms with Gasteiger partial charge in [-0.25, -0.2) is 4.68 Å². The fourth-order valence-electron chi connectivity index (χ4n) is 2.08. The molecule has 0 saturated carbocycles. The van der Waals surface area contributed by atoms with E-state index in [0.717, 1.165) is 11.4 Å². The average molecular weight is 266 g/mol. The van der Waals surface area contributed by atoms with Gasteiger partial charge in [-0.1, -0.05) is 11.6 Å². The minimum atomic E-state index is -0.191. The molecule has 96 valence electrons. The summed E-state index contributed by atoms with van der Waals surface area (Å²) in [4.78, 5) is 12.2. The summed E-state index contributed by atoms with van der Waals surface area (Å²) in [7, 11) is 0. The molecule has 18 heavy (non-hydrogen) atoms. The lowest BCUT2D eigenvalue weighted by Gasteiger charge is -2.16.